The Bertz CT molecular complexity index is 391. The van der Waals surface area contributed by atoms with Gasteiger partial charge in [0.15, 0.2) is 0 Å². The number of hydrogen-bond donors (Lipinski definition) is 0. The molecule has 0 aliphatic heterocycles. The maximum atomic E-state index is 4.53. The highest BCUT2D eigenvalue weighted by Crippen LogP contribution is 2.36. The lowest BCUT2D eigenvalue weighted by molar-refractivity contribution is 0.299. The molecule has 0 radical (unpaired) electrons. The van der Waals surface area contributed by atoms with Gasteiger partial charge in [-0.25, -0.2) is 0 Å². The molecule has 1 aliphatic rings. The molecule has 1 saturated carbocycles. The summed E-state index contributed by atoms with van der Waals surface area (Å²) in [7, 11) is 0. The minimum atomic E-state index is 0.666. The number of nitrogens with zero attached hydrogens (tertiary/aromatic N) is 2. The molecule has 1 heterocycles. The van der Waals surface area contributed by atoms with Crippen LogP contribution in [0.4, 0.5) is 0 Å². The topological polar surface area (TPSA) is 25.8 Å². The van der Waals surface area contributed by atoms with Crippen molar-refractivity contribution < 1.29 is 0 Å². The third-order valence-electron chi connectivity index (χ3n) is 5.26. The van der Waals surface area contributed by atoms with Crippen LogP contribution in [0, 0.1) is 5.92 Å². The summed E-state index contributed by atoms with van der Waals surface area (Å²) in [6.07, 6.45) is 16.0. The second kappa shape index (κ2) is 9.97. The summed E-state index contributed by atoms with van der Waals surface area (Å²) in [5.74, 6) is 1.64. The molecule has 2 heteroatoms. The van der Waals surface area contributed by atoms with Gasteiger partial charge in [-0.1, -0.05) is 52.4 Å². The van der Waals surface area contributed by atoms with E-state index in [1.807, 2.05) is 0 Å². The molecule has 0 atom stereocenters. The van der Waals surface area contributed by atoms with Gasteiger partial charge in [0.1, 0.15) is 0 Å². The summed E-state index contributed by atoms with van der Waals surface area (Å²) in [6.45, 7) is 4.54. The summed E-state index contributed by atoms with van der Waals surface area (Å²) in [6, 6.07) is 4.46. The normalized spacial score (nSPS) is 21.9. The third kappa shape index (κ3) is 5.70. The highest BCUT2D eigenvalue weighted by atomic mass is 15.1. The van der Waals surface area contributed by atoms with Crippen LogP contribution in [-0.4, -0.2) is 10.2 Å². The number of rotatable bonds is 9. The van der Waals surface area contributed by atoms with E-state index in [2.05, 4.69) is 36.2 Å². The molecule has 0 N–H and O–H groups in total. The van der Waals surface area contributed by atoms with E-state index in [0.29, 0.717) is 5.92 Å². The number of hydrogen-bond acceptors (Lipinski definition) is 2. The van der Waals surface area contributed by atoms with E-state index >= 15 is 0 Å². The number of unbranched alkanes of at least 4 members (excludes halogenated alkanes) is 4. The molecule has 1 fully saturated rings. The van der Waals surface area contributed by atoms with Gasteiger partial charge in [-0.15, -0.1) is 0 Å². The smallest absolute Gasteiger partial charge is 0.0662 e. The monoisotopic (exact) mass is 302 g/mol. The van der Waals surface area contributed by atoms with Crippen molar-refractivity contribution >= 4 is 0 Å². The van der Waals surface area contributed by atoms with Crippen molar-refractivity contribution in [3.63, 3.8) is 0 Å². The average Bonchev–Trinajstić information content (AvgIpc) is 2.57. The van der Waals surface area contributed by atoms with Gasteiger partial charge in [-0.3, -0.25) is 0 Å². The van der Waals surface area contributed by atoms with Crippen LogP contribution in [0.1, 0.15) is 102 Å². The number of aryl methyl sites for hydroxylation is 1. The Kier molecular flexibility index (Phi) is 7.90. The fourth-order valence-corrected chi connectivity index (χ4v) is 3.71. The predicted octanol–water partition coefficient (Wildman–Crippen LogP) is 6.06. The molecule has 1 aromatic rings. The van der Waals surface area contributed by atoms with Gasteiger partial charge in [-0.2, -0.15) is 10.2 Å². The van der Waals surface area contributed by atoms with Crippen LogP contribution in [0.15, 0.2) is 12.1 Å². The molecule has 0 unspecified atom stereocenters. The lowest BCUT2D eigenvalue weighted by Gasteiger charge is -2.28. The SMILES string of the molecule is CCCCCc1ccc(C2CCC(CCCCC)CC2)nn1. The van der Waals surface area contributed by atoms with E-state index in [1.54, 1.807) is 0 Å². The van der Waals surface area contributed by atoms with Crippen LogP contribution in [0.5, 0.6) is 0 Å². The molecule has 0 amide bonds. The van der Waals surface area contributed by atoms with Crippen molar-refractivity contribution in [1.82, 2.24) is 10.2 Å². The van der Waals surface area contributed by atoms with E-state index < -0.39 is 0 Å². The van der Waals surface area contributed by atoms with Crippen molar-refractivity contribution in [3.8, 4) is 0 Å². The molecule has 1 aliphatic carbocycles. The standard InChI is InChI=1S/C20H34N2/c1-3-5-7-9-17-11-13-18(14-12-17)20-16-15-19(21-22-20)10-8-6-4-2/h15-18H,3-14H2,1-2H3. The molecule has 1 aromatic heterocycles. The van der Waals surface area contributed by atoms with E-state index in [0.717, 1.165) is 12.3 Å². The Morgan fingerprint density at radius 1 is 0.864 bits per heavy atom. The van der Waals surface area contributed by atoms with Crippen LogP contribution in [0.3, 0.4) is 0 Å². The Balaban J connectivity index is 1.74. The molecule has 0 aromatic carbocycles. The highest BCUT2D eigenvalue weighted by Gasteiger charge is 2.23. The van der Waals surface area contributed by atoms with E-state index in [-0.39, 0.29) is 0 Å². The molecule has 22 heavy (non-hydrogen) atoms. The molecule has 2 nitrogen and oxygen atoms in total. The minimum Gasteiger partial charge on any atom is -0.155 e. The number of aromatic nitrogens is 2. The van der Waals surface area contributed by atoms with Gasteiger partial charge in [0.05, 0.1) is 11.4 Å². The van der Waals surface area contributed by atoms with Crippen LogP contribution >= 0.6 is 0 Å². The third-order valence-corrected chi connectivity index (χ3v) is 5.26. The zero-order valence-electron chi connectivity index (χ0n) is 14.7. The lowest BCUT2D eigenvalue weighted by atomic mass is 9.78. The first-order chi connectivity index (χ1) is 10.8. The zero-order chi connectivity index (χ0) is 15.6. The van der Waals surface area contributed by atoms with Gasteiger partial charge < -0.3 is 0 Å². The van der Waals surface area contributed by atoms with Gasteiger partial charge in [0.2, 0.25) is 0 Å². The van der Waals surface area contributed by atoms with E-state index in [9.17, 15) is 0 Å². The fourth-order valence-electron chi connectivity index (χ4n) is 3.71. The van der Waals surface area contributed by atoms with Crippen molar-refractivity contribution in [2.75, 3.05) is 0 Å². The lowest BCUT2D eigenvalue weighted by Crippen LogP contribution is -2.15. The van der Waals surface area contributed by atoms with E-state index in [1.165, 1.54) is 82.0 Å². The molecular weight excluding hydrogens is 268 g/mol. The maximum Gasteiger partial charge on any atom is 0.0662 e. The second-order valence-electron chi connectivity index (χ2n) is 7.12. The van der Waals surface area contributed by atoms with Crippen molar-refractivity contribution in [2.45, 2.75) is 96.8 Å². The molecule has 0 saturated heterocycles. The van der Waals surface area contributed by atoms with Crippen molar-refractivity contribution in [1.29, 1.82) is 0 Å². The zero-order valence-corrected chi connectivity index (χ0v) is 14.7. The molecule has 2 rings (SSSR count). The summed E-state index contributed by atoms with van der Waals surface area (Å²) in [4.78, 5) is 0. The van der Waals surface area contributed by atoms with Crippen LogP contribution in [0.25, 0.3) is 0 Å². The van der Waals surface area contributed by atoms with Crippen LogP contribution in [0.2, 0.25) is 0 Å². The average molecular weight is 303 g/mol. The Labute approximate surface area is 137 Å². The molecule has 0 bridgehead atoms. The van der Waals surface area contributed by atoms with Gasteiger partial charge >= 0.3 is 0 Å². The fraction of sp³-hybridized carbons (Fsp3) is 0.800. The van der Waals surface area contributed by atoms with Gasteiger partial charge in [-0.05, 0) is 56.6 Å². The Hall–Kier alpha value is -0.920. The molecule has 124 valence electrons. The molecule has 0 spiro atoms. The summed E-state index contributed by atoms with van der Waals surface area (Å²) < 4.78 is 0. The van der Waals surface area contributed by atoms with Crippen molar-refractivity contribution in [3.05, 3.63) is 23.5 Å². The molecular formula is C20H34N2. The first kappa shape index (κ1) is 17.4. The quantitative estimate of drug-likeness (QED) is 0.518. The first-order valence-electron chi connectivity index (χ1n) is 9.66. The second-order valence-corrected chi connectivity index (χ2v) is 7.12. The minimum absolute atomic E-state index is 0.666. The Morgan fingerprint density at radius 2 is 1.59 bits per heavy atom. The Morgan fingerprint density at radius 3 is 2.23 bits per heavy atom. The summed E-state index contributed by atoms with van der Waals surface area (Å²) in [5, 5.41) is 8.99. The van der Waals surface area contributed by atoms with Gasteiger partial charge in [0.25, 0.3) is 0 Å². The first-order valence-corrected chi connectivity index (χ1v) is 9.66. The van der Waals surface area contributed by atoms with Crippen LogP contribution in [-0.2, 0) is 6.42 Å². The van der Waals surface area contributed by atoms with Gasteiger partial charge in [0, 0.05) is 5.92 Å². The van der Waals surface area contributed by atoms with Crippen molar-refractivity contribution in [2.24, 2.45) is 5.92 Å². The summed E-state index contributed by atoms with van der Waals surface area (Å²) in [5.41, 5.74) is 2.41. The van der Waals surface area contributed by atoms with Crippen LogP contribution < -0.4 is 0 Å². The summed E-state index contributed by atoms with van der Waals surface area (Å²) >= 11 is 0. The van der Waals surface area contributed by atoms with E-state index in [4.69, 9.17) is 0 Å². The maximum absolute atomic E-state index is 4.53. The highest BCUT2D eigenvalue weighted by molar-refractivity contribution is 5.12. The largest absolute Gasteiger partial charge is 0.155 e. The predicted molar refractivity (Wildman–Crippen MR) is 94.1 cm³/mol.